The average molecular weight is 432 g/mol. The summed E-state index contributed by atoms with van der Waals surface area (Å²) in [6.07, 6.45) is 0. The number of imidazole rings is 1. The van der Waals surface area contributed by atoms with E-state index in [2.05, 4.69) is 23.2 Å². The van der Waals surface area contributed by atoms with Crippen molar-refractivity contribution in [2.45, 2.75) is 24.3 Å². The van der Waals surface area contributed by atoms with Crippen LogP contribution in [-0.2, 0) is 14.1 Å². The van der Waals surface area contributed by atoms with E-state index in [0.717, 1.165) is 33.1 Å². The van der Waals surface area contributed by atoms with Gasteiger partial charge in [-0.3, -0.25) is 18.3 Å². The Bertz CT molecular complexity index is 1560. The molecule has 5 aromatic rings. The minimum Gasteiger partial charge on any atom is -0.295 e. The van der Waals surface area contributed by atoms with Crippen LogP contribution < -0.4 is 5.69 Å². The third-order valence-electron chi connectivity index (χ3n) is 5.78. The number of hydrogen-bond donors (Lipinski definition) is 0. The molecule has 0 aliphatic rings. The first-order valence-corrected chi connectivity index (χ1v) is 10.8. The Hall–Kier alpha value is -3.39. The number of carbonyl (C=O) groups is 1. The van der Waals surface area contributed by atoms with Gasteiger partial charge in [-0.2, -0.15) is 0 Å². The fourth-order valence-electron chi connectivity index (χ4n) is 4.06. The van der Waals surface area contributed by atoms with Crippen molar-refractivity contribution in [1.82, 2.24) is 23.7 Å². The van der Waals surface area contributed by atoms with Crippen molar-refractivity contribution >= 4 is 45.1 Å². The predicted octanol–water partition coefficient (Wildman–Crippen LogP) is 3.74. The van der Waals surface area contributed by atoms with Gasteiger partial charge in [0.15, 0.2) is 16.6 Å². The summed E-state index contributed by atoms with van der Waals surface area (Å²) in [5.41, 5.74) is 4.92. The van der Waals surface area contributed by atoms with Gasteiger partial charge in [0.05, 0.1) is 21.8 Å². The standard InChI is InChI=1S/C23H21N5O2S/c1-13-11-20-24-25-22(28(20)17-8-6-5-7-16(13)17)31-14(2)21(29)15-9-10-18-19(12-15)27(4)23(30)26(18)3/h5-12,14H,1-4H3. The van der Waals surface area contributed by atoms with Crippen molar-refractivity contribution in [2.75, 3.05) is 0 Å². The van der Waals surface area contributed by atoms with Crippen LogP contribution in [0.25, 0.3) is 27.6 Å². The molecule has 1 atom stereocenters. The van der Waals surface area contributed by atoms with E-state index in [1.54, 1.807) is 35.4 Å². The van der Waals surface area contributed by atoms with Crippen LogP contribution in [0.2, 0.25) is 0 Å². The number of thioether (sulfide) groups is 1. The minimum absolute atomic E-state index is 0.0173. The molecule has 0 spiro atoms. The molecule has 0 saturated heterocycles. The number of ketones is 1. The maximum absolute atomic E-state index is 13.2. The molecule has 3 heterocycles. The SMILES string of the molecule is Cc1cc2nnc(SC(C)C(=O)c3ccc4c(c3)n(C)c(=O)n4C)n2c2ccccc12. The number of hydrogen-bond acceptors (Lipinski definition) is 5. The third kappa shape index (κ3) is 2.97. The first-order valence-electron chi connectivity index (χ1n) is 9.96. The van der Waals surface area contributed by atoms with Crippen LogP contribution in [-0.4, -0.2) is 34.8 Å². The van der Waals surface area contributed by atoms with Crippen molar-refractivity contribution in [2.24, 2.45) is 14.1 Å². The van der Waals surface area contributed by atoms with Crippen molar-refractivity contribution in [3.05, 3.63) is 70.1 Å². The highest BCUT2D eigenvalue weighted by Gasteiger charge is 2.22. The van der Waals surface area contributed by atoms with Crippen LogP contribution in [0, 0.1) is 6.92 Å². The summed E-state index contributed by atoms with van der Waals surface area (Å²) < 4.78 is 5.14. The quantitative estimate of drug-likeness (QED) is 0.320. The summed E-state index contributed by atoms with van der Waals surface area (Å²) in [5, 5.41) is 10.1. The summed E-state index contributed by atoms with van der Waals surface area (Å²) in [7, 11) is 3.44. The lowest BCUT2D eigenvalue weighted by atomic mass is 10.1. The molecule has 0 aliphatic carbocycles. The summed E-state index contributed by atoms with van der Waals surface area (Å²) in [6, 6.07) is 15.5. The molecule has 8 heteroatoms. The van der Waals surface area contributed by atoms with Gasteiger partial charge in [0.25, 0.3) is 0 Å². The Kier molecular flexibility index (Phi) is 4.48. The molecular weight excluding hydrogens is 410 g/mol. The lowest BCUT2D eigenvalue weighted by molar-refractivity contribution is 0.0994. The fraction of sp³-hybridized carbons (Fsp3) is 0.217. The Morgan fingerprint density at radius 3 is 2.52 bits per heavy atom. The highest BCUT2D eigenvalue weighted by atomic mass is 32.2. The zero-order valence-corrected chi connectivity index (χ0v) is 18.5. The van der Waals surface area contributed by atoms with Gasteiger partial charge in [0.1, 0.15) is 0 Å². The summed E-state index contributed by atoms with van der Waals surface area (Å²) in [5.74, 6) is -0.0173. The highest BCUT2D eigenvalue weighted by Crippen LogP contribution is 2.29. The smallest absolute Gasteiger partial charge is 0.295 e. The molecule has 0 N–H and O–H groups in total. The molecule has 0 fully saturated rings. The second kappa shape index (κ2) is 7.09. The van der Waals surface area contributed by atoms with Crippen LogP contribution >= 0.6 is 11.8 Å². The van der Waals surface area contributed by atoms with Crippen LogP contribution in [0.15, 0.2) is 58.5 Å². The second-order valence-corrected chi connectivity index (χ2v) is 9.06. The predicted molar refractivity (Wildman–Crippen MR) is 123 cm³/mol. The Morgan fingerprint density at radius 2 is 1.71 bits per heavy atom. The molecule has 0 saturated carbocycles. The molecule has 3 aromatic heterocycles. The van der Waals surface area contributed by atoms with Gasteiger partial charge in [-0.15, -0.1) is 10.2 Å². The van der Waals surface area contributed by atoms with E-state index in [0.29, 0.717) is 10.7 Å². The largest absolute Gasteiger partial charge is 0.328 e. The summed E-state index contributed by atoms with van der Waals surface area (Å²) in [6.45, 7) is 3.93. The van der Waals surface area contributed by atoms with E-state index in [1.165, 1.54) is 11.8 Å². The average Bonchev–Trinajstić information content (AvgIpc) is 3.27. The van der Waals surface area contributed by atoms with Crippen molar-refractivity contribution in [3.63, 3.8) is 0 Å². The first kappa shape index (κ1) is 19.6. The second-order valence-electron chi connectivity index (χ2n) is 7.75. The van der Waals surface area contributed by atoms with Crippen molar-refractivity contribution < 1.29 is 4.79 Å². The lowest BCUT2D eigenvalue weighted by Crippen LogP contribution is -2.19. The Balaban J connectivity index is 1.52. The number of Topliss-reactive ketones (excluding diaryl/α,β-unsaturated/α-hetero) is 1. The van der Waals surface area contributed by atoms with Gasteiger partial charge in [-0.1, -0.05) is 30.0 Å². The Morgan fingerprint density at radius 1 is 0.968 bits per heavy atom. The van der Waals surface area contributed by atoms with E-state index in [1.807, 2.05) is 41.7 Å². The number of rotatable bonds is 4. The fourth-order valence-corrected chi connectivity index (χ4v) is 5.00. The molecule has 0 aliphatic heterocycles. The number of carbonyl (C=O) groups excluding carboxylic acids is 1. The molecule has 7 nitrogen and oxygen atoms in total. The zero-order valence-electron chi connectivity index (χ0n) is 17.7. The molecule has 156 valence electrons. The number of fused-ring (bicyclic) bond motifs is 4. The molecule has 2 aromatic carbocycles. The van der Waals surface area contributed by atoms with Gasteiger partial charge in [0.2, 0.25) is 0 Å². The summed E-state index contributed by atoms with van der Waals surface area (Å²) >= 11 is 1.39. The molecule has 31 heavy (non-hydrogen) atoms. The molecular formula is C23H21N5O2S. The topological polar surface area (TPSA) is 74.2 Å². The monoisotopic (exact) mass is 431 g/mol. The van der Waals surface area contributed by atoms with E-state index in [9.17, 15) is 9.59 Å². The number of para-hydroxylation sites is 1. The maximum Gasteiger partial charge on any atom is 0.328 e. The Labute approximate surface area is 182 Å². The van der Waals surface area contributed by atoms with Crippen LogP contribution in [0.4, 0.5) is 0 Å². The maximum atomic E-state index is 13.2. The van der Waals surface area contributed by atoms with Crippen molar-refractivity contribution in [1.29, 1.82) is 0 Å². The van der Waals surface area contributed by atoms with Crippen molar-refractivity contribution in [3.8, 4) is 0 Å². The number of benzene rings is 2. The van der Waals surface area contributed by atoms with Gasteiger partial charge in [-0.05, 0) is 49.7 Å². The zero-order chi connectivity index (χ0) is 21.9. The normalized spacial score (nSPS) is 12.8. The van der Waals surface area contributed by atoms with E-state index >= 15 is 0 Å². The highest BCUT2D eigenvalue weighted by molar-refractivity contribution is 8.00. The molecule has 0 amide bonds. The first-order chi connectivity index (χ1) is 14.9. The molecule has 0 radical (unpaired) electrons. The minimum atomic E-state index is -0.370. The van der Waals surface area contributed by atoms with Gasteiger partial charge in [0, 0.05) is 25.0 Å². The number of pyridine rings is 1. The molecule has 1 unspecified atom stereocenters. The molecule has 0 bridgehead atoms. The number of aromatic nitrogens is 5. The lowest BCUT2D eigenvalue weighted by Gasteiger charge is -2.11. The van der Waals surface area contributed by atoms with Gasteiger partial charge < -0.3 is 0 Å². The molecule has 5 rings (SSSR count). The van der Waals surface area contributed by atoms with E-state index in [4.69, 9.17) is 0 Å². The van der Waals surface area contributed by atoms with Gasteiger partial charge in [-0.25, -0.2) is 4.79 Å². The van der Waals surface area contributed by atoms with E-state index in [-0.39, 0.29) is 16.7 Å². The van der Waals surface area contributed by atoms with Crippen LogP contribution in [0.5, 0.6) is 0 Å². The third-order valence-corrected chi connectivity index (χ3v) is 6.82. The van der Waals surface area contributed by atoms with Crippen LogP contribution in [0.3, 0.4) is 0 Å². The van der Waals surface area contributed by atoms with Crippen LogP contribution in [0.1, 0.15) is 22.8 Å². The van der Waals surface area contributed by atoms with Gasteiger partial charge >= 0.3 is 5.69 Å². The number of aryl methyl sites for hydroxylation is 3. The summed E-state index contributed by atoms with van der Waals surface area (Å²) in [4.78, 5) is 25.4. The van der Waals surface area contributed by atoms with E-state index < -0.39 is 0 Å². The number of nitrogens with zero attached hydrogens (tertiary/aromatic N) is 5.